The number of hydrogen-bond donors (Lipinski definition) is 0. The number of halogens is 1. The van der Waals surface area contributed by atoms with Gasteiger partial charge in [0.15, 0.2) is 0 Å². The molecule has 2 heteroatoms. The van der Waals surface area contributed by atoms with Crippen molar-refractivity contribution in [2.75, 3.05) is 11.9 Å². The molecule has 0 aliphatic rings. The van der Waals surface area contributed by atoms with Crippen molar-refractivity contribution in [2.45, 2.75) is 26.2 Å². The molecule has 1 nitrogen and oxygen atoms in total. The number of alkyl halides is 1. The summed E-state index contributed by atoms with van der Waals surface area (Å²) in [6.07, 6.45) is 3.42. The van der Waals surface area contributed by atoms with Crippen LogP contribution in [-0.4, -0.2) is 11.9 Å². The van der Waals surface area contributed by atoms with E-state index in [1.54, 1.807) is 0 Å². The van der Waals surface area contributed by atoms with E-state index in [-0.39, 0.29) is 0 Å². The smallest absolute Gasteiger partial charge is 0.119 e. The molecule has 0 N–H and O–H groups in total. The Morgan fingerprint density at radius 3 is 2.43 bits per heavy atom. The van der Waals surface area contributed by atoms with Crippen LogP contribution in [0, 0.1) is 12.8 Å². The second kappa shape index (κ2) is 8.89. The van der Waals surface area contributed by atoms with Gasteiger partial charge in [-0.3, -0.25) is 0 Å². The van der Waals surface area contributed by atoms with Crippen molar-refractivity contribution in [3.63, 3.8) is 0 Å². The molecule has 112 valence electrons. The SMILES string of the molecule is Cc1ccccc1CC(CBr)CCCOc1ccccc1. The zero-order chi connectivity index (χ0) is 14.9. The van der Waals surface area contributed by atoms with Crippen LogP contribution < -0.4 is 4.74 Å². The van der Waals surface area contributed by atoms with Crippen LogP contribution >= 0.6 is 15.9 Å². The van der Waals surface area contributed by atoms with E-state index < -0.39 is 0 Å². The van der Waals surface area contributed by atoms with E-state index in [1.165, 1.54) is 17.5 Å². The maximum atomic E-state index is 5.76. The minimum Gasteiger partial charge on any atom is -0.494 e. The van der Waals surface area contributed by atoms with Gasteiger partial charge in [-0.1, -0.05) is 58.4 Å². The van der Waals surface area contributed by atoms with Gasteiger partial charge in [0.25, 0.3) is 0 Å². The van der Waals surface area contributed by atoms with Gasteiger partial charge in [-0.2, -0.15) is 0 Å². The van der Waals surface area contributed by atoms with Gasteiger partial charge in [0.1, 0.15) is 5.75 Å². The normalized spacial score (nSPS) is 12.1. The van der Waals surface area contributed by atoms with Crippen LogP contribution in [0.3, 0.4) is 0 Å². The van der Waals surface area contributed by atoms with Gasteiger partial charge in [-0.25, -0.2) is 0 Å². The number of rotatable bonds is 8. The van der Waals surface area contributed by atoms with Gasteiger partial charge < -0.3 is 4.74 Å². The lowest BCUT2D eigenvalue weighted by Crippen LogP contribution is -2.09. The Bertz CT molecular complexity index is 524. The Kier molecular flexibility index (Phi) is 6.81. The molecule has 21 heavy (non-hydrogen) atoms. The quantitative estimate of drug-likeness (QED) is 0.458. The van der Waals surface area contributed by atoms with E-state index in [4.69, 9.17) is 4.74 Å². The van der Waals surface area contributed by atoms with Crippen LogP contribution in [0.15, 0.2) is 54.6 Å². The molecule has 0 amide bonds. The van der Waals surface area contributed by atoms with E-state index >= 15 is 0 Å². The predicted molar refractivity (Wildman–Crippen MR) is 93.3 cm³/mol. The maximum absolute atomic E-state index is 5.76. The van der Waals surface area contributed by atoms with Crippen molar-refractivity contribution in [1.29, 1.82) is 0 Å². The molecule has 2 aromatic carbocycles. The molecular formula is C19H23BrO. The zero-order valence-corrected chi connectivity index (χ0v) is 14.2. The van der Waals surface area contributed by atoms with E-state index in [1.807, 2.05) is 30.3 Å². The molecule has 0 saturated carbocycles. The summed E-state index contributed by atoms with van der Waals surface area (Å²) in [4.78, 5) is 0. The van der Waals surface area contributed by atoms with E-state index in [0.717, 1.165) is 30.5 Å². The summed E-state index contributed by atoms with van der Waals surface area (Å²) < 4.78 is 5.76. The average Bonchev–Trinajstić information content (AvgIpc) is 2.53. The predicted octanol–water partition coefficient (Wildman–Crippen LogP) is 5.41. The largest absolute Gasteiger partial charge is 0.494 e. The molecule has 2 aromatic rings. The summed E-state index contributed by atoms with van der Waals surface area (Å²) in [7, 11) is 0. The number of hydrogen-bond acceptors (Lipinski definition) is 1. The summed E-state index contributed by atoms with van der Waals surface area (Å²) in [5.41, 5.74) is 2.86. The van der Waals surface area contributed by atoms with Crippen molar-refractivity contribution >= 4 is 15.9 Å². The van der Waals surface area contributed by atoms with Crippen molar-refractivity contribution in [2.24, 2.45) is 5.92 Å². The van der Waals surface area contributed by atoms with Crippen molar-refractivity contribution in [1.82, 2.24) is 0 Å². The standard InChI is InChI=1S/C19H23BrO/c1-16-8-5-6-10-18(16)14-17(15-20)9-7-13-21-19-11-3-2-4-12-19/h2-6,8,10-12,17H,7,9,13-15H2,1H3. The second-order valence-electron chi connectivity index (χ2n) is 5.45. The topological polar surface area (TPSA) is 9.23 Å². The van der Waals surface area contributed by atoms with Crippen LogP contribution in [0.5, 0.6) is 5.75 Å². The third-order valence-electron chi connectivity index (χ3n) is 3.76. The Labute approximate surface area is 136 Å². The lowest BCUT2D eigenvalue weighted by Gasteiger charge is -2.16. The van der Waals surface area contributed by atoms with Crippen molar-refractivity contribution < 1.29 is 4.74 Å². The molecule has 1 atom stereocenters. The highest BCUT2D eigenvalue weighted by Gasteiger charge is 2.09. The lowest BCUT2D eigenvalue weighted by molar-refractivity contribution is 0.295. The first kappa shape index (κ1) is 16.1. The van der Waals surface area contributed by atoms with E-state index in [2.05, 4.69) is 47.1 Å². The van der Waals surface area contributed by atoms with Gasteiger partial charge >= 0.3 is 0 Å². The number of benzene rings is 2. The molecule has 0 heterocycles. The second-order valence-corrected chi connectivity index (χ2v) is 6.10. The summed E-state index contributed by atoms with van der Waals surface area (Å²) in [5, 5.41) is 1.05. The first-order valence-corrected chi connectivity index (χ1v) is 8.70. The Balaban J connectivity index is 1.74. The van der Waals surface area contributed by atoms with Gasteiger partial charge in [-0.15, -0.1) is 0 Å². The lowest BCUT2D eigenvalue weighted by atomic mass is 9.94. The van der Waals surface area contributed by atoms with E-state index in [0.29, 0.717) is 5.92 Å². The molecule has 2 rings (SSSR count). The molecule has 0 bridgehead atoms. The molecule has 0 aliphatic carbocycles. The van der Waals surface area contributed by atoms with Gasteiger partial charge in [0, 0.05) is 5.33 Å². The molecular weight excluding hydrogens is 324 g/mol. The summed E-state index contributed by atoms with van der Waals surface area (Å²) in [6, 6.07) is 18.7. The summed E-state index contributed by atoms with van der Waals surface area (Å²) in [5.74, 6) is 1.64. The summed E-state index contributed by atoms with van der Waals surface area (Å²) >= 11 is 3.65. The summed E-state index contributed by atoms with van der Waals surface area (Å²) in [6.45, 7) is 2.99. The maximum Gasteiger partial charge on any atom is 0.119 e. The van der Waals surface area contributed by atoms with Crippen LogP contribution in [-0.2, 0) is 6.42 Å². The molecule has 0 spiro atoms. The first-order valence-electron chi connectivity index (χ1n) is 7.58. The fourth-order valence-corrected chi connectivity index (χ4v) is 3.02. The number of ether oxygens (including phenoxy) is 1. The average molecular weight is 347 g/mol. The fraction of sp³-hybridized carbons (Fsp3) is 0.368. The monoisotopic (exact) mass is 346 g/mol. The van der Waals surface area contributed by atoms with Gasteiger partial charge in [0.05, 0.1) is 6.61 Å². The third kappa shape index (κ3) is 5.55. The number of aryl methyl sites for hydroxylation is 1. The van der Waals surface area contributed by atoms with Crippen LogP contribution in [0.25, 0.3) is 0 Å². The van der Waals surface area contributed by atoms with Crippen LogP contribution in [0.2, 0.25) is 0 Å². The van der Waals surface area contributed by atoms with Gasteiger partial charge in [-0.05, 0) is 55.4 Å². The fourth-order valence-electron chi connectivity index (χ4n) is 2.46. The molecule has 0 aliphatic heterocycles. The molecule has 0 radical (unpaired) electrons. The third-order valence-corrected chi connectivity index (χ3v) is 4.67. The Hall–Kier alpha value is -1.28. The molecule has 0 fully saturated rings. The highest BCUT2D eigenvalue weighted by atomic mass is 79.9. The van der Waals surface area contributed by atoms with E-state index in [9.17, 15) is 0 Å². The first-order chi connectivity index (χ1) is 10.3. The highest BCUT2D eigenvalue weighted by molar-refractivity contribution is 9.09. The minimum atomic E-state index is 0.672. The van der Waals surface area contributed by atoms with Crippen LogP contribution in [0.4, 0.5) is 0 Å². The molecule has 0 saturated heterocycles. The zero-order valence-electron chi connectivity index (χ0n) is 12.6. The number of para-hydroxylation sites is 1. The minimum absolute atomic E-state index is 0.672. The van der Waals surface area contributed by atoms with Crippen LogP contribution in [0.1, 0.15) is 24.0 Å². The van der Waals surface area contributed by atoms with Crippen molar-refractivity contribution in [3.05, 3.63) is 65.7 Å². The van der Waals surface area contributed by atoms with Crippen molar-refractivity contribution in [3.8, 4) is 5.75 Å². The highest BCUT2D eigenvalue weighted by Crippen LogP contribution is 2.19. The molecule has 0 aromatic heterocycles. The molecule has 1 unspecified atom stereocenters. The van der Waals surface area contributed by atoms with Gasteiger partial charge in [0.2, 0.25) is 0 Å². The Morgan fingerprint density at radius 2 is 1.71 bits per heavy atom. The Morgan fingerprint density at radius 1 is 1.00 bits per heavy atom.